The van der Waals surface area contributed by atoms with Gasteiger partial charge in [-0.2, -0.15) is 0 Å². The lowest BCUT2D eigenvalue weighted by molar-refractivity contribution is -0.139. The second kappa shape index (κ2) is 5.44. The number of aryl methyl sites for hydroxylation is 1. The summed E-state index contributed by atoms with van der Waals surface area (Å²) in [5.74, 6) is -2.32. The Labute approximate surface area is 101 Å². The maximum Gasteiger partial charge on any atom is 0.348 e. The zero-order valence-corrected chi connectivity index (χ0v) is 10.1. The quantitative estimate of drug-likeness (QED) is 0.625. The van der Waals surface area contributed by atoms with E-state index in [2.05, 4.69) is 10.1 Å². The van der Waals surface area contributed by atoms with E-state index in [-0.39, 0.29) is 0 Å². The van der Waals surface area contributed by atoms with E-state index in [1.165, 1.54) is 24.5 Å². The number of methoxy groups -OCH3 is 1. The van der Waals surface area contributed by atoms with Gasteiger partial charge in [-0.25, -0.2) is 4.79 Å². The molecule has 7 heteroatoms. The van der Waals surface area contributed by atoms with E-state index in [1.54, 1.807) is 6.92 Å². The Morgan fingerprint density at radius 3 is 2.65 bits per heavy atom. The van der Waals surface area contributed by atoms with Gasteiger partial charge >= 0.3 is 11.9 Å². The molecule has 1 amide bonds. The summed E-state index contributed by atoms with van der Waals surface area (Å²) in [5, 5.41) is 10.9. The Balaban J connectivity index is 2.78. The van der Waals surface area contributed by atoms with Gasteiger partial charge in [0, 0.05) is 4.88 Å². The minimum absolute atomic E-state index is 0.357. The summed E-state index contributed by atoms with van der Waals surface area (Å²) in [4.78, 5) is 33.8. The van der Waals surface area contributed by atoms with Gasteiger partial charge in [0.2, 0.25) is 5.91 Å². The highest BCUT2D eigenvalue weighted by Gasteiger charge is 2.15. The van der Waals surface area contributed by atoms with Crippen molar-refractivity contribution in [1.82, 2.24) is 0 Å². The third-order valence-electron chi connectivity index (χ3n) is 1.89. The number of anilines is 1. The highest BCUT2D eigenvalue weighted by Crippen LogP contribution is 2.26. The summed E-state index contributed by atoms with van der Waals surface area (Å²) < 4.78 is 4.54. The Hall–Kier alpha value is -1.89. The van der Waals surface area contributed by atoms with Crippen LogP contribution in [-0.2, 0) is 14.3 Å². The van der Waals surface area contributed by atoms with Crippen LogP contribution in [0.5, 0.6) is 0 Å². The molecule has 0 unspecified atom stereocenters. The van der Waals surface area contributed by atoms with E-state index >= 15 is 0 Å². The lowest BCUT2D eigenvalue weighted by Gasteiger charge is -2.01. The summed E-state index contributed by atoms with van der Waals surface area (Å²) in [6.07, 6.45) is -0.608. The normalized spacial score (nSPS) is 9.76. The molecule has 1 aromatic rings. The highest BCUT2D eigenvalue weighted by atomic mass is 32.1. The monoisotopic (exact) mass is 257 g/mol. The molecule has 2 N–H and O–H groups in total. The number of amides is 1. The van der Waals surface area contributed by atoms with Crippen LogP contribution in [0.15, 0.2) is 6.07 Å². The molecule has 0 saturated heterocycles. The number of carbonyl (C=O) groups excluding carboxylic acids is 2. The Kier molecular flexibility index (Phi) is 4.22. The topological polar surface area (TPSA) is 92.7 Å². The fourth-order valence-corrected chi connectivity index (χ4v) is 2.03. The van der Waals surface area contributed by atoms with Gasteiger partial charge in [-0.3, -0.25) is 9.59 Å². The van der Waals surface area contributed by atoms with Crippen molar-refractivity contribution in [3.05, 3.63) is 15.8 Å². The molecule has 1 rings (SSSR count). The first kappa shape index (κ1) is 13.2. The molecular weight excluding hydrogens is 246 g/mol. The fraction of sp³-hybridized carbons (Fsp3) is 0.300. The number of nitrogens with one attached hydrogen (secondary N) is 1. The number of hydrogen-bond donors (Lipinski definition) is 2. The average Bonchev–Trinajstić information content (AvgIpc) is 2.58. The molecule has 6 nitrogen and oxygen atoms in total. The van der Waals surface area contributed by atoms with Gasteiger partial charge in [-0.15, -0.1) is 11.3 Å². The van der Waals surface area contributed by atoms with E-state index < -0.39 is 24.3 Å². The molecule has 1 aromatic heterocycles. The van der Waals surface area contributed by atoms with Crippen LogP contribution in [0.2, 0.25) is 0 Å². The third-order valence-corrected chi connectivity index (χ3v) is 2.92. The van der Waals surface area contributed by atoms with Crippen molar-refractivity contribution in [1.29, 1.82) is 0 Å². The number of hydrogen-bond acceptors (Lipinski definition) is 5. The second-order valence-corrected chi connectivity index (χ2v) is 4.45. The largest absolute Gasteiger partial charge is 0.481 e. The van der Waals surface area contributed by atoms with Gasteiger partial charge in [0.15, 0.2) is 0 Å². The van der Waals surface area contributed by atoms with Gasteiger partial charge < -0.3 is 15.2 Å². The molecule has 0 bridgehead atoms. The lowest BCUT2D eigenvalue weighted by atomic mass is 10.3. The second-order valence-electron chi connectivity index (χ2n) is 3.19. The number of ether oxygens (including phenoxy) is 1. The van der Waals surface area contributed by atoms with Crippen LogP contribution in [0.3, 0.4) is 0 Å². The standard InChI is InChI=1S/C10H11NO5S/c1-5-6(11-8(12)4-9(13)14)3-7(17-5)10(15)16-2/h3H,4H2,1-2H3,(H,11,12)(H,13,14). The molecule has 0 spiro atoms. The minimum atomic E-state index is -1.21. The average molecular weight is 257 g/mol. The summed E-state index contributed by atoms with van der Waals surface area (Å²) in [5.41, 5.74) is 0.432. The van der Waals surface area contributed by atoms with Crippen LogP contribution < -0.4 is 5.32 Å². The van der Waals surface area contributed by atoms with Crippen molar-refractivity contribution in [2.45, 2.75) is 13.3 Å². The molecule has 0 aliphatic heterocycles. The van der Waals surface area contributed by atoms with E-state index in [0.29, 0.717) is 15.4 Å². The Bertz CT molecular complexity index is 465. The first-order valence-electron chi connectivity index (χ1n) is 4.64. The molecule has 92 valence electrons. The summed E-state index contributed by atoms with van der Waals surface area (Å²) in [7, 11) is 1.26. The highest BCUT2D eigenvalue weighted by molar-refractivity contribution is 7.14. The summed E-state index contributed by atoms with van der Waals surface area (Å²) in [6.45, 7) is 1.72. The van der Waals surface area contributed by atoms with E-state index in [1.807, 2.05) is 0 Å². The van der Waals surface area contributed by atoms with Crippen molar-refractivity contribution in [2.75, 3.05) is 12.4 Å². The number of esters is 1. The molecular formula is C10H11NO5S. The first-order chi connectivity index (χ1) is 7.93. The summed E-state index contributed by atoms with van der Waals surface area (Å²) in [6, 6.07) is 1.46. The molecule has 17 heavy (non-hydrogen) atoms. The Morgan fingerprint density at radius 2 is 2.12 bits per heavy atom. The molecule has 0 fully saturated rings. The van der Waals surface area contributed by atoms with E-state index in [0.717, 1.165) is 0 Å². The van der Waals surface area contributed by atoms with Crippen LogP contribution in [0.1, 0.15) is 21.0 Å². The third kappa shape index (κ3) is 3.56. The first-order valence-corrected chi connectivity index (χ1v) is 5.46. The van der Waals surface area contributed by atoms with Gasteiger partial charge in [-0.05, 0) is 13.0 Å². The van der Waals surface area contributed by atoms with Crippen LogP contribution in [0.25, 0.3) is 0 Å². The molecule has 0 aliphatic carbocycles. The number of aliphatic carboxylic acids is 1. The van der Waals surface area contributed by atoms with Crippen molar-refractivity contribution in [3.63, 3.8) is 0 Å². The zero-order valence-electron chi connectivity index (χ0n) is 9.27. The van der Waals surface area contributed by atoms with Crippen molar-refractivity contribution in [2.24, 2.45) is 0 Å². The maximum absolute atomic E-state index is 11.2. The predicted molar refractivity (Wildman–Crippen MR) is 61.3 cm³/mol. The molecule has 0 saturated carbocycles. The zero-order chi connectivity index (χ0) is 13.0. The van der Waals surface area contributed by atoms with Crippen LogP contribution in [0.4, 0.5) is 5.69 Å². The number of carbonyl (C=O) groups is 3. The van der Waals surface area contributed by atoms with Gasteiger partial charge in [0.25, 0.3) is 0 Å². The Morgan fingerprint density at radius 1 is 1.47 bits per heavy atom. The molecule has 0 aliphatic rings. The lowest BCUT2D eigenvalue weighted by Crippen LogP contribution is -2.15. The van der Waals surface area contributed by atoms with Crippen LogP contribution >= 0.6 is 11.3 Å². The number of rotatable bonds is 4. The predicted octanol–water partition coefficient (Wildman–Crippen LogP) is 1.26. The van der Waals surface area contributed by atoms with Crippen molar-refractivity contribution < 1.29 is 24.2 Å². The number of thiophene rings is 1. The molecule has 0 atom stereocenters. The molecule has 0 aromatic carbocycles. The maximum atomic E-state index is 11.2. The number of carboxylic acid groups (broad SMARTS) is 1. The van der Waals surface area contributed by atoms with Crippen LogP contribution in [0, 0.1) is 6.92 Å². The fourth-order valence-electron chi connectivity index (χ4n) is 1.14. The molecule has 0 radical (unpaired) electrons. The minimum Gasteiger partial charge on any atom is -0.481 e. The van der Waals surface area contributed by atoms with Gasteiger partial charge in [0.1, 0.15) is 11.3 Å². The molecule has 1 heterocycles. The van der Waals surface area contributed by atoms with Gasteiger partial charge in [0.05, 0.1) is 12.8 Å². The van der Waals surface area contributed by atoms with Crippen molar-refractivity contribution in [3.8, 4) is 0 Å². The summed E-state index contributed by atoms with van der Waals surface area (Å²) >= 11 is 1.17. The van der Waals surface area contributed by atoms with Crippen LogP contribution in [-0.4, -0.2) is 30.1 Å². The van der Waals surface area contributed by atoms with Crippen molar-refractivity contribution >= 4 is 34.9 Å². The number of carboxylic acids is 1. The SMILES string of the molecule is COC(=O)c1cc(NC(=O)CC(=O)O)c(C)s1. The smallest absolute Gasteiger partial charge is 0.348 e. The van der Waals surface area contributed by atoms with E-state index in [9.17, 15) is 14.4 Å². The van der Waals surface area contributed by atoms with E-state index in [4.69, 9.17) is 5.11 Å². The van der Waals surface area contributed by atoms with Gasteiger partial charge in [-0.1, -0.05) is 0 Å².